The Hall–Kier alpha value is -0.240. The van der Waals surface area contributed by atoms with Crippen molar-refractivity contribution in [3.8, 4) is 0 Å². The summed E-state index contributed by atoms with van der Waals surface area (Å²) in [4.78, 5) is 12.6. The van der Waals surface area contributed by atoms with Crippen molar-refractivity contribution >= 4 is 63.4 Å². The van der Waals surface area contributed by atoms with Crippen LogP contribution in [0.1, 0.15) is 26.7 Å². The molecule has 0 unspecified atom stereocenters. The average Bonchev–Trinajstić information content (AvgIpc) is 2.53. The van der Waals surface area contributed by atoms with Gasteiger partial charge in [-0.3, -0.25) is 0 Å². The molecular formula is C17H18Cl2IN3S. The van der Waals surface area contributed by atoms with Gasteiger partial charge in [-0.25, -0.2) is 9.97 Å². The number of anilines is 1. The predicted molar refractivity (Wildman–Crippen MR) is 111 cm³/mol. The van der Waals surface area contributed by atoms with Gasteiger partial charge in [-0.15, -0.1) is 0 Å². The molecule has 1 aromatic heterocycles. The summed E-state index contributed by atoms with van der Waals surface area (Å²) in [7, 11) is 0. The van der Waals surface area contributed by atoms with E-state index in [0.717, 1.165) is 32.5 Å². The van der Waals surface area contributed by atoms with Crippen molar-refractivity contribution in [2.24, 2.45) is 5.41 Å². The molecule has 1 aliphatic heterocycles. The van der Waals surface area contributed by atoms with Crippen LogP contribution in [0.2, 0.25) is 10.0 Å². The van der Waals surface area contributed by atoms with Gasteiger partial charge >= 0.3 is 0 Å². The fraction of sp³-hybridized carbons (Fsp3) is 0.412. The Morgan fingerprint density at radius 1 is 1.21 bits per heavy atom. The van der Waals surface area contributed by atoms with Crippen molar-refractivity contribution in [3.05, 3.63) is 38.1 Å². The van der Waals surface area contributed by atoms with Crippen LogP contribution in [-0.2, 0) is 0 Å². The van der Waals surface area contributed by atoms with Crippen molar-refractivity contribution < 1.29 is 0 Å². The van der Waals surface area contributed by atoms with Crippen LogP contribution in [-0.4, -0.2) is 23.1 Å². The Morgan fingerprint density at radius 2 is 1.92 bits per heavy atom. The van der Waals surface area contributed by atoms with E-state index in [1.165, 1.54) is 24.6 Å². The minimum Gasteiger partial charge on any atom is -0.355 e. The normalized spacial score (nSPS) is 17.1. The number of rotatable bonds is 3. The number of aromatic nitrogens is 2. The van der Waals surface area contributed by atoms with Gasteiger partial charge in [0, 0.05) is 18.0 Å². The van der Waals surface area contributed by atoms with E-state index in [1.54, 1.807) is 6.07 Å². The lowest BCUT2D eigenvalue weighted by molar-refractivity contribution is 0.279. The Balaban J connectivity index is 1.77. The monoisotopic (exact) mass is 493 g/mol. The fourth-order valence-electron chi connectivity index (χ4n) is 2.58. The van der Waals surface area contributed by atoms with Gasteiger partial charge < -0.3 is 4.90 Å². The number of halogens is 3. The number of piperidine rings is 1. The molecule has 0 bridgehead atoms. The standard InChI is InChI=1S/C17H18Cl2IN3S/c1-17(2)6-8-23(9-7-17)13-10-21-16(15(20)22-13)24-12-5-3-4-11(18)14(12)19/h3-5,10H,6-9H2,1-2H3. The zero-order valence-electron chi connectivity index (χ0n) is 13.5. The summed E-state index contributed by atoms with van der Waals surface area (Å²) in [5, 5.41) is 1.96. The summed E-state index contributed by atoms with van der Waals surface area (Å²) >= 11 is 16.1. The zero-order chi connectivity index (χ0) is 17.3. The number of hydrogen-bond acceptors (Lipinski definition) is 4. The van der Waals surface area contributed by atoms with Crippen molar-refractivity contribution in [2.75, 3.05) is 18.0 Å². The molecule has 3 rings (SSSR count). The van der Waals surface area contributed by atoms with Crippen molar-refractivity contribution in [1.82, 2.24) is 9.97 Å². The van der Waals surface area contributed by atoms with Crippen molar-refractivity contribution in [2.45, 2.75) is 36.6 Å². The lowest BCUT2D eigenvalue weighted by atomic mass is 9.83. The van der Waals surface area contributed by atoms with Crippen LogP contribution >= 0.6 is 57.6 Å². The summed E-state index contributed by atoms with van der Waals surface area (Å²) in [6.45, 7) is 6.72. The van der Waals surface area contributed by atoms with Crippen LogP contribution in [0.15, 0.2) is 34.3 Å². The largest absolute Gasteiger partial charge is 0.355 e. The average molecular weight is 494 g/mol. The van der Waals surface area contributed by atoms with Gasteiger partial charge in [0.1, 0.15) is 14.5 Å². The Bertz CT molecular complexity index is 745. The highest BCUT2D eigenvalue weighted by Crippen LogP contribution is 2.38. The Labute approximate surface area is 170 Å². The molecule has 0 aliphatic carbocycles. The highest BCUT2D eigenvalue weighted by molar-refractivity contribution is 14.1. The second kappa shape index (κ2) is 7.56. The first-order valence-corrected chi connectivity index (χ1v) is 10.4. The smallest absolute Gasteiger partial charge is 0.148 e. The maximum absolute atomic E-state index is 6.26. The number of nitrogens with zero attached hydrogens (tertiary/aromatic N) is 3. The van der Waals surface area contributed by atoms with E-state index in [2.05, 4.69) is 46.3 Å². The summed E-state index contributed by atoms with van der Waals surface area (Å²) < 4.78 is 0.885. The van der Waals surface area contributed by atoms with Crippen LogP contribution < -0.4 is 4.90 Å². The summed E-state index contributed by atoms with van der Waals surface area (Å²) in [6, 6.07) is 5.61. The third-order valence-electron chi connectivity index (χ3n) is 4.25. The van der Waals surface area contributed by atoms with Gasteiger partial charge in [-0.05, 0) is 53.0 Å². The second-order valence-corrected chi connectivity index (χ2v) is 9.47. The van der Waals surface area contributed by atoms with E-state index in [9.17, 15) is 0 Å². The molecule has 1 aliphatic rings. The summed E-state index contributed by atoms with van der Waals surface area (Å²) in [6.07, 6.45) is 4.22. The first-order chi connectivity index (χ1) is 11.4. The molecule has 1 fully saturated rings. The highest BCUT2D eigenvalue weighted by atomic mass is 127. The molecule has 1 aromatic carbocycles. The highest BCUT2D eigenvalue weighted by Gasteiger charge is 2.26. The minimum atomic E-state index is 0.427. The first-order valence-electron chi connectivity index (χ1n) is 7.75. The third-order valence-corrected chi connectivity index (χ3v) is 7.35. The lowest BCUT2D eigenvalue weighted by Gasteiger charge is -2.37. The molecule has 2 aromatic rings. The molecule has 0 amide bonds. The van der Waals surface area contributed by atoms with E-state index >= 15 is 0 Å². The molecule has 7 heteroatoms. The van der Waals surface area contributed by atoms with Gasteiger partial charge in [0.05, 0.1) is 16.2 Å². The molecule has 0 atom stereocenters. The molecule has 24 heavy (non-hydrogen) atoms. The van der Waals surface area contributed by atoms with Crippen molar-refractivity contribution in [1.29, 1.82) is 0 Å². The topological polar surface area (TPSA) is 29.0 Å². The molecule has 0 radical (unpaired) electrons. The Morgan fingerprint density at radius 3 is 2.58 bits per heavy atom. The fourth-order valence-corrected chi connectivity index (χ4v) is 4.55. The molecule has 3 nitrogen and oxygen atoms in total. The SMILES string of the molecule is CC1(C)CCN(c2cnc(Sc3cccc(Cl)c3Cl)c(I)n2)CC1. The summed E-state index contributed by atoms with van der Waals surface area (Å²) in [5.74, 6) is 0.955. The lowest BCUT2D eigenvalue weighted by Crippen LogP contribution is -2.37. The zero-order valence-corrected chi connectivity index (χ0v) is 18.0. The van der Waals surface area contributed by atoms with Gasteiger partial charge in [0.2, 0.25) is 0 Å². The van der Waals surface area contributed by atoms with E-state index in [0.29, 0.717) is 15.5 Å². The quantitative estimate of drug-likeness (QED) is 0.478. The van der Waals surface area contributed by atoms with Gasteiger partial charge in [-0.1, -0.05) is 54.9 Å². The molecule has 0 spiro atoms. The molecule has 2 heterocycles. The van der Waals surface area contributed by atoms with Gasteiger partial charge in [-0.2, -0.15) is 0 Å². The van der Waals surface area contributed by atoms with Crippen LogP contribution in [0, 0.1) is 9.12 Å². The minimum absolute atomic E-state index is 0.427. The van der Waals surface area contributed by atoms with Crippen LogP contribution in [0.25, 0.3) is 0 Å². The molecule has 128 valence electrons. The third kappa shape index (κ3) is 4.29. The van der Waals surface area contributed by atoms with Crippen molar-refractivity contribution in [3.63, 3.8) is 0 Å². The van der Waals surface area contributed by atoms with E-state index < -0.39 is 0 Å². The number of hydrogen-bond donors (Lipinski definition) is 0. The maximum Gasteiger partial charge on any atom is 0.148 e. The van der Waals surface area contributed by atoms with Crippen LogP contribution in [0.3, 0.4) is 0 Å². The Kier molecular flexibility index (Phi) is 5.84. The first kappa shape index (κ1) is 18.5. The second-order valence-electron chi connectivity index (χ2n) is 6.63. The molecule has 0 saturated carbocycles. The maximum atomic E-state index is 6.26. The molecular weight excluding hydrogens is 476 g/mol. The molecule has 0 N–H and O–H groups in total. The number of benzene rings is 1. The molecule has 1 saturated heterocycles. The van der Waals surface area contributed by atoms with Gasteiger partial charge in [0.25, 0.3) is 0 Å². The summed E-state index contributed by atoms with van der Waals surface area (Å²) in [5.41, 5.74) is 0.427. The van der Waals surface area contributed by atoms with E-state index in [-0.39, 0.29) is 0 Å². The van der Waals surface area contributed by atoms with Crippen LogP contribution in [0.4, 0.5) is 5.82 Å². The van der Waals surface area contributed by atoms with E-state index in [1.807, 2.05) is 18.3 Å². The predicted octanol–water partition coefficient (Wildman–Crippen LogP) is 6.17. The van der Waals surface area contributed by atoms with E-state index in [4.69, 9.17) is 28.2 Å². The van der Waals surface area contributed by atoms with Crippen LogP contribution in [0.5, 0.6) is 0 Å². The van der Waals surface area contributed by atoms with Gasteiger partial charge in [0.15, 0.2) is 0 Å².